The van der Waals surface area contributed by atoms with Crippen LogP contribution < -0.4 is 5.32 Å². The zero-order valence-electron chi connectivity index (χ0n) is 9.24. The Balaban J connectivity index is 2.78. The van der Waals surface area contributed by atoms with Gasteiger partial charge in [-0.3, -0.25) is 4.79 Å². The molecule has 0 aliphatic rings. The van der Waals surface area contributed by atoms with Gasteiger partial charge in [0, 0.05) is 12.4 Å². The summed E-state index contributed by atoms with van der Waals surface area (Å²) in [5, 5.41) is 12.6. The molecule has 94 valence electrons. The van der Waals surface area contributed by atoms with Gasteiger partial charge < -0.3 is 15.2 Å². The van der Waals surface area contributed by atoms with Crippen molar-refractivity contribution in [1.82, 2.24) is 5.32 Å². The number of phenols is 1. The summed E-state index contributed by atoms with van der Waals surface area (Å²) in [6.45, 7) is 0.326. The maximum atomic E-state index is 12.9. The number of methoxy groups -OCH3 is 1. The average molecular weight is 306 g/mol. The van der Waals surface area contributed by atoms with Crippen molar-refractivity contribution in [3.8, 4) is 5.75 Å². The van der Waals surface area contributed by atoms with Crippen molar-refractivity contribution in [3.63, 3.8) is 0 Å². The first-order valence-corrected chi connectivity index (χ1v) is 6.05. The first-order chi connectivity index (χ1) is 8.08. The minimum absolute atomic E-state index is 0.0907. The molecule has 2 N–H and O–H groups in total. The maximum absolute atomic E-state index is 12.9. The number of alkyl halides is 1. The van der Waals surface area contributed by atoms with Gasteiger partial charge in [-0.2, -0.15) is 0 Å². The fourth-order valence-corrected chi connectivity index (χ4v) is 1.63. The van der Waals surface area contributed by atoms with Crippen LogP contribution >= 0.6 is 15.9 Å². The van der Waals surface area contributed by atoms with Crippen molar-refractivity contribution in [1.29, 1.82) is 0 Å². The van der Waals surface area contributed by atoms with E-state index in [0.717, 1.165) is 18.2 Å². The molecule has 0 radical (unpaired) electrons. The van der Waals surface area contributed by atoms with Gasteiger partial charge in [0.2, 0.25) is 0 Å². The number of hydrogen-bond donors (Lipinski definition) is 2. The number of benzene rings is 1. The van der Waals surface area contributed by atoms with Crippen LogP contribution in [0.3, 0.4) is 0 Å². The first kappa shape index (κ1) is 13.9. The number of aromatic hydroxyl groups is 1. The van der Waals surface area contributed by atoms with Crippen LogP contribution in [0, 0.1) is 5.82 Å². The fraction of sp³-hybridized carbons (Fsp3) is 0.364. The number of carbonyl (C=O) groups is 1. The van der Waals surface area contributed by atoms with Crippen molar-refractivity contribution in [2.45, 2.75) is 6.04 Å². The minimum atomic E-state index is -0.574. The monoisotopic (exact) mass is 305 g/mol. The molecular weight excluding hydrogens is 293 g/mol. The second kappa shape index (κ2) is 6.56. The summed E-state index contributed by atoms with van der Waals surface area (Å²) in [5.41, 5.74) is -0.0907. The second-order valence-electron chi connectivity index (χ2n) is 3.44. The highest BCUT2D eigenvalue weighted by molar-refractivity contribution is 9.09. The molecule has 17 heavy (non-hydrogen) atoms. The molecular formula is C11H13BrFNO3. The molecule has 0 bridgehead atoms. The van der Waals surface area contributed by atoms with Crippen LogP contribution in [0.1, 0.15) is 10.4 Å². The molecule has 6 heteroatoms. The average Bonchev–Trinajstić information content (AvgIpc) is 2.31. The molecule has 0 saturated heterocycles. The van der Waals surface area contributed by atoms with Crippen LogP contribution in [0.4, 0.5) is 4.39 Å². The Hall–Kier alpha value is -1.14. The van der Waals surface area contributed by atoms with Crippen LogP contribution in [0.5, 0.6) is 5.75 Å². The Morgan fingerprint density at radius 2 is 2.35 bits per heavy atom. The van der Waals surface area contributed by atoms with Crippen molar-refractivity contribution < 1.29 is 19.0 Å². The molecule has 0 aromatic heterocycles. The largest absolute Gasteiger partial charge is 0.507 e. The summed E-state index contributed by atoms with van der Waals surface area (Å²) >= 11 is 3.22. The smallest absolute Gasteiger partial charge is 0.255 e. The third-order valence-corrected chi connectivity index (χ3v) is 2.87. The fourth-order valence-electron chi connectivity index (χ4n) is 1.28. The lowest BCUT2D eigenvalue weighted by Crippen LogP contribution is -2.39. The normalized spacial score (nSPS) is 12.2. The summed E-state index contributed by atoms with van der Waals surface area (Å²) in [4.78, 5) is 11.7. The van der Waals surface area contributed by atoms with E-state index in [-0.39, 0.29) is 17.4 Å². The number of halogens is 2. The Labute approximate surface area is 107 Å². The molecule has 0 heterocycles. The molecule has 1 rings (SSSR count). The van der Waals surface area contributed by atoms with E-state index in [4.69, 9.17) is 4.74 Å². The van der Waals surface area contributed by atoms with Crippen LogP contribution in [0.2, 0.25) is 0 Å². The molecule has 1 aromatic rings. The topological polar surface area (TPSA) is 58.6 Å². The number of phenolic OH excluding ortho intramolecular Hbond substituents is 1. The summed E-state index contributed by atoms with van der Waals surface area (Å²) in [5.74, 6) is -1.37. The summed E-state index contributed by atoms with van der Waals surface area (Å²) in [6.07, 6.45) is 0. The molecule has 4 nitrogen and oxygen atoms in total. The zero-order chi connectivity index (χ0) is 12.8. The summed E-state index contributed by atoms with van der Waals surface area (Å²) < 4.78 is 17.9. The van der Waals surface area contributed by atoms with Gasteiger partial charge >= 0.3 is 0 Å². The predicted octanol–water partition coefficient (Wildman–Crippen LogP) is 1.67. The quantitative estimate of drug-likeness (QED) is 0.814. The molecule has 0 aliphatic heterocycles. The molecule has 0 saturated carbocycles. The van der Waals surface area contributed by atoms with Gasteiger partial charge in [-0.1, -0.05) is 15.9 Å². The van der Waals surface area contributed by atoms with Crippen molar-refractivity contribution in [2.75, 3.05) is 19.0 Å². The Kier molecular flexibility index (Phi) is 5.37. The van der Waals surface area contributed by atoms with E-state index in [0.29, 0.717) is 11.9 Å². The zero-order valence-corrected chi connectivity index (χ0v) is 10.8. The second-order valence-corrected chi connectivity index (χ2v) is 4.09. The Morgan fingerprint density at radius 3 is 2.94 bits per heavy atom. The van der Waals surface area contributed by atoms with Gasteiger partial charge in [0.15, 0.2) is 0 Å². The molecule has 0 fully saturated rings. The van der Waals surface area contributed by atoms with E-state index in [1.807, 2.05) is 0 Å². The molecule has 0 aliphatic carbocycles. The number of rotatable bonds is 5. The summed E-state index contributed by atoms with van der Waals surface area (Å²) in [7, 11) is 1.52. The Morgan fingerprint density at radius 1 is 1.65 bits per heavy atom. The van der Waals surface area contributed by atoms with E-state index in [1.165, 1.54) is 7.11 Å². The van der Waals surface area contributed by atoms with Crippen molar-refractivity contribution in [2.24, 2.45) is 0 Å². The maximum Gasteiger partial charge on any atom is 0.255 e. The number of hydrogen-bond acceptors (Lipinski definition) is 3. The lowest BCUT2D eigenvalue weighted by atomic mass is 10.1. The van der Waals surface area contributed by atoms with Gasteiger partial charge in [0.25, 0.3) is 5.91 Å². The molecule has 1 atom stereocenters. The lowest BCUT2D eigenvalue weighted by Gasteiger charge is -2.15. The van der Waals surface area contributed by atoms with Crippen LogP contribution in [0.25, 0.3) is 0 Å². The van der Waals surface area contributed by atoms with Crippen molar-refractivity contribution >= 4 is 21.8 Å². The van der Waals surface area contributed by atoms with E-state index >= 15 is 0 Å². The molecule has 0 spiro atoms. The third-order valence-electron chi connectivity index (χ3n) is 2.09. The minimum Gasteiger partial charge on any atom is -0.507 e. The standard InChI is InChI=1S/C11H13BrFNO3/c1-17-6-8(5-12)14-11(16)9-4-7(13)2-3-10(9)15/h2-4,8,15H,5-6H2,1H3,(H,14,16). The number of carbonyl (C=O) groups excluding carboxylic acids is 1. The molecule has 1 amide bonds. The van der Waals surface area contributed by atoms with E-state index in [9.17, 15) is 14.3 Å². The first-order valence-electron chi connectivity index (χ1n) is 4.92. The number of ether oxygens (including phenoxy) is 1. The van der Waals surface area contributed by atoms with Gasteiger partial charge in [0.1, 0.15) is 11.6 Å². The lowest BCUT2D eigenvalue weighted by molar-refractivity contribution is 0.0905. The number of nitrogens with one attached hydrogen (secondary N) is 1. The van der Waals surface area contributed by atoms with Crippen LogP contribution in [-0.4, -0.2) is 36.1 Å². The van der Waals surface area contributed by atoms with Crippen LogP contribution in [-0.2, 0) is 4.74 Å². The van der Waals surface area contributed by atoms with Gasteiger partial charge in [-0.25, -0.2) is 4.39 Å². The van der Waals surface area contributed by atoms with Gasteiger partial charge in [-0.05, 0) is 18.2 Å². The van der Waals surface area contributed by atoms with Gasteiger partial charge in [0.05, 0.1) is 18.2 Å². The third kappa shape index (κ3) is 3.98. The molecule has 1 aromatic carbocycles. The van der Waals surface area contributed by atoms with Crippen LogP contribution in [0.15, 0.2) is 18.2 Å². The van der Waals surface area contributed by atoms with Crippen molar-refractivity contribution in [3.05, 3.63) is 29.6 Å². The van der Waals surface area contributed by atoms with E-state index in [2.05, 4.69) is 21.2 Å². The van der Waals surface area contributed by atoms with E-state index < -0.39 is 11.7 Å². The summed E-state index contributed by atoms with van der Waals surface area (Å²) in [6, 6.07) is 2.98. The highest BCUT2D eigenvalue weighted by atomic mass is 79.9. The highest BCUT2D eigenvalue weighted by Crippen LogP contribution is 2.17. The SMILES string of the molecule is COCC(CBr)NC(=O)c1cc(F)ccc1O. The van der Waals surface area contributed by atoms with E-state index in [1.54, 1.807) is 0 Å². The highest BCUT2D eigenvalue weighted by Gasteiger charge is 2.16. The van der Waals surface area contributed by atoms with Gasteiger partial charge in [-0.15, -0.1) is 0 Å². The Bertz CT molecular complexity index is 400. The molecule has 1 unspecified atom stereocenters. The number of amides is 1. The predicted molar refractivity (Wildman–Crippen MR) is 65.0 cm³/mol.